The van der Waals surface area contributed by atoms with Crippen LogP contribution in [0.25, 0.3) is 0 Å². The molecule has 1 fully saturated rings. The van der Waals surface area contributed by atoms with Crippen molar-refractivity contribution >= 4 is 21.6 Å². The van der Waals surface area contributed by atoms with Gasteiger partial charge in [-0.2, -0.15) is 0 Å². The first-order valence-corrected chi connectivity index (χ1v) is 7.07. The zero-order chi connectivity index (χ0) is 10.8. The average molecular weight is 240 g/mol. The molecule has 0 amide bonds. The Morgan fingerprint density at radius 1 is 1.43 bits per heavy atom. The van der Waals surface area contributed by atoms with Crippen LogP contribution in [0, 0.1) is 11.3 Å². The third-order valence-electron chi connectivity index (χ3n) is 2.28. The molecule has 0 saturated heterocycles. The molecule has 1 N–H and O–H groups in total. The zero-order valence-electron chi connectivity index (χ0n) is 8.72. The van der Waals surface area contributed by atoms with Gasteiger partial charge in [0.25, 0.3) is 0 Å². The van der Waals surface area contributed by atoms with Gasteiger partial charge in [0.1, 0.15) is 0 Å². The van der Waals surface area contributed by atoms with Crippen LogP contribution in [0.5, 0.6) is 0 Å². The Kier molecular flexibility index (Phi) is 3.83. The number of alkyl halides is 1. The second kappa shape index (κ2) is 4.37. The summed E-state index contributed by atoms with van der Waals surface area (Å²) >= 11 is 5.71. The van der Waals surface area contributed by atoms with Crippen LogP contribution in [-0.4, -0.2) is 26.6 Å². The molecule has 0 heterocycles. The van der Waals surface area contributed by atoms with Gasteiger partial charge in [-0.05, 0) is 24.2 Å². The highest BCUT2D eigenvalue weighted by Crippen LogP contribution is 2.30. The van der Waals surface area contributed by atoms with E-state index in [2.05, 4.69) is 4.72 Å². The van der Waals surface area contributed by atoms with Gasteiger partial charge in [0.2, 0.25) is 10.0 Å². The highest BCUT2D eigenvalue weighted by atomic mass is 35.5. The van der Waals surface area contributed by atoms with E-state index in [1.165, 1.54) is 0 Å². The molecule has 84 valence electrons. The molecule has 14 heavy (non-hydrogen) atoms. The average Bonchev–Trinajstić information content (AvgIpc) is 2.85. The fourth-order valence-corrected chi connectivity index (χ4v) is 2.78. The number of sulfonamides is 1. The summed E-state index contributed by atoms with van der Waals surface area (Å²) < 4.78 is 25.6. The van der Waals surface area contributed by atoms with Crippen LogP contribution in [-0.2, 0) is 10.0 Å². The van der Waals surface area contributed by atoms with Crippen molar-refractivity contribution in [3.63, 3.8) is 0 Å². The predicted molar refractivity (Wildman–Crippen MR) is 59.0 cm³/mol. The van der Waals surface area contributed by atoms with Crippen LogP contribution in [0.15, 0.2) is 0 Å². The second-order valence-electron chi connectivity index (χ2n) is 4.84. The van der Waals surface area contributed by atoms with Gasteiger partial charge in [-0.15, -0.1) is 11.6 Å². The molecule has 3 nitrogen and oxygen atoms in total. The maximum Gasteiger partial charge on any atom is 0.211 e. The van der Waals surface area contributed by atoms with Crippen LogP contribution in [0.2, 0.25) is 0 Å². The molecule has 0 aromatic heterocycles. The highest BCUT2D eigenvalue weighted by Gasteiger charge is 2.29. The Labute approximate surface area is 91.3 Å². The van der Waals surface area contributed by atoms with Crippen LogP contribution in [0.1, 0.15) is 26.7 Å². The van der Waals surface area contributed by atoms with Crippen molar-refractivity contribution in [3.05, 3.63) is 0 Å². The summed E-state index contributed by atoms with van der Waals surface area (Å²) in [4.78, 5) is 0. The Morgan fingerprint density at radius 2 is 2.00 bits per heavy atom. The number of hydrogen-bond donors (Lipinski definition) is 1. The van der Waals surface area contributed by atoms with Gasteiger partial charge < -0.3 is 0 Å². The van der Waals surface area contributed by atoms with Crippen LogP contribution in [0.3, 0.4) is 0 Å². The van der Waals surface area contributed by atoms with Crippen LogP contribution >= 0.6 is 11.6 Å². The van der Waals surface area contributed by atoms with Gasteiger partial charge in [0.05, 0.1) is 5.75 Å². The van der Waals surface area contributed by atoms with Gasteiger partial charge in [0.15, 0.2) is 0 Å². The fraction of sp³-hybridized carbons (Fsp3) is 1.00. The van der Waals surface area contributed by atoms with Crippen LogP contribution in [0.4, 0.5) is 0 Å². The van der Waals surface area contributed by atoms with Crippen molar-refractivity contribution in [2.24, 2.45) is 11.3 Å². The summed E-state index contributed by atoms with van der Waals surface area (Å²) in [5.74, 6) is 1.14. The van der Waals surface area contributed by atoms with E-state index in [4.69, 9.17) is 11.6 Å². The normalized spacial score (nSPS) is 18.5. The monoisotopic (exact) mass is 239 g/mol. The maximum atomic E-state index is 11.5. The SMILES string of the molecule is CC(C)(CCl)CNS(=O)(=O)CC1CC1. The minimum absolute atomic E-state index is 0.168. The lowest BCUT2D eigenvalue weighted by molar-refractivity contribution is 0.414. The zero-order valence-corrected chi connectivity index (χ0v) is 10.3. The molecule has 0 spiro atoms. The molecule has 0 aliphatic heterocycles. The lowest BCUT2D eigenvalue weighted by Crippen LogP contribution is -2.36. The minimum atomic E-state index is -3.07. The van der Waals surface area contributed by atoms with E-state index in [1.54, 1.807) is 0 Å². The van der Waals surface area contributed by atoms with Crippen molar-refractivity contribution in [3.8, 4) is 0 Å². The van der Waals surface area contributed by atoms with Gasteiger partial charge in [-0.1, -0.05) is 13.8 Å². The van der Waals surface area contributed by atoms with E-state index < -0.39 is 10.0 Å². The Balaban J connectivity index is 2.35. The molecule has 0 unspecified atom stereocenters. The topological polar surface area (TPSA) is 46.2 Å². The second-order valence-corrected chi connectivity index (χ2v) is 6.96. The van der Waals surface area contributed by atoms with E-state index in [1.807, 2.05) is 13.8 Å². The number of nitrogens with one attached hydrogen (secondary N) is 1. The molecule has 1 aliphatic rings. The van der Waals surface area contributed by atoms with Crippen LogP contribution < -0.4 is 4.72 Å². The molecule has 1 rings (SSSR count). The smallest absolute Gasteiger partial charge is 0.211 e. The van der Waals surface area contributed by atoms with Gasteiger partial charge in [-0.25, -0.2) is 13.1 Å². The molecule has 0 radical (unpaired) electrons. The largest absolute Gasteiger partial charge is 0.215 e. The number of hydrogen-bond acceptors (Lipinski definition) is 2. The Morgan fingerprint density at radius 3 is 2.43 bits per heavy atom. The molecule has 0 aromatic carbocycles. The molecule has 5 heteroatoms. The predicted octanol–water partition coefficient (Wildman–Crippen LogP) is 1.58. The van der Waals surface area contributed by atoms with E-state index >= 15 is 0 Å². The fourth-order valence-electron chi connectivity index (χ4n) is 1.01. The van der Waals surface area contributed by atoms with Crippen molar-refractivity contribution in [2.45, 2.75) is 26.7 Å². The summed E-state index contributed by atoms with van der Waals surface area (Å²) in [6.45, 7) is 4.31. The molecule has 0 aromatic rings. The summed E-state index contributed by atoms with van der Waals surface area (Å²) in [5, 5.41) is 0. The molecular formula is C9H18ClNO2S. The van der Waals surface area contributed by atoms with Gasteiger partial charge >= 0.3 is 0 Å². The third kappa shape index (κ3) is 4.62. The minimum Gasteiger partial charge on any atom is -0.215 e. The highest BCUT2D eigenvalue weighted by molar-refractivity contribution is 7.89. The summed E-state index contributed by atoms with van der Waals surface area (Å²) in [6, 6.07) is 0. The first-order chi connectivity index (χ1) is 6.35. The first kappa shape index (κ1) is 12.3. The standard InChI is InChI=1S/C9H18ClNO2S/c1-9(2,6-10)7-11-14(12,13)5-8-3-4-8/h8,11H,3-7H2,1-2H3. The van der Waals surface area contributed by atoms with Crippen molar-refractivity contribution in [2.75, 3.05) is 18.2 Å². The van der Waals surface area contributed by atoms with E-state index in [9.17, 15) is 8.42 Å². The van der Waals surface area contributed by atoms with Crippen molar-refractivity contribution < 1.29 is 8.42 Å². The first-order valence-electron chi connectivity index (χ1n) is 4.88. The third-order valence-corrected chi connectivity index (χ3v) is 4.50. The quantitative estimate of drug-likeness (QED) is 0.716. The molecule has 0 bridgehead atoms. The summed E-state index contributed by atoms with van der Waals surface area (Å²) in [7, 11) is -3.07. The number of rotatable bonds is 6. The summed E-state index contributed by atoms with van der Waals surface area (Å²) in [5.41, 5.74) is -0.168. The van der Waals surface area contributed by atoms with Crippen molar-refractivity contribution in [1.82, 2.24) is 4.72 Å². The lowest BCUT2D eigenvalue weighted by atomic mass is 9.97. The molecule has 0 atom stereocenters. The van der Waals surface area contributed by atoms with Crippen molar-refractivity contribution in [1.29, 1.82) is 0 Å². The van der Waals surface area contributed by atoms with Gasteiger partial charge in [0, 0.05) is 12.4 Å². The van der Waals surface area contributed by atoms with Gasteiger partial charge in [-0.3, -0.25) is 0 Å². The molecule has 1 aliphatic carbocycles. The Hall–Kier alpha value is 0.200. The number of halogens is 1. The van der Waals surface area contributed by atoms with E-state index in [-0.39, 0.29) is 11.2 Å². The molecular weight excluding hydrogens is 222 g/mol. The van der Waals surface area contributed by atoms with E-state index in [0.717, 1.165) is 12.8 Å². The lowest BCUT2D eigenvalue weighted by Gasteiger charge is -2.21. The maximum absolute atomic E-state index is 11.5. The Bertz CT molecular complexity index is 283. The molecule has 1 saturated carbocycles. The van der Waals surface area contributed by atoms with E-state index in [0.29, 0.717) is 18.3 Å². The summed E-state index contributed by atoms with van der Waals surface area (Å²) in [6.07, 6.45) is 2.11.